The Morgan fingerprint density at radius 3 is 2.35 bits per heavy atom. The normalized spacial score (nSPS) is 29.5. The molecule has 1 aliphatic carbocycles. The Bertz CT molecular complexity index is 463. The van der Waals surface area contributed by atoms with Gasteiger partial charge in [0.1, 0.15) is 0 Å². The number of rotatable bonds is 1. The lowest BCUT2D eigenvalue weighted by Gasteiger charge is -2.32. The predicted molar refractivity (Wildman–Crippen MR) is 60.6 cm³/mol. The fourth-order valence-corrected chi connectivity index (χ4v) is 3.20. The number of carboxylic acids is 1. The van der Waals surface area contributed by atoms with Crippen LogP contribution < -0.4 is 5.32 Å². The van der Waals surface area contributed by atoms with Crippen LogP contribution in [0.25, 0.3) is 0 Å². The van der Waals surface area contributed by atoms with Gasteiger partial charge in [-0.3, -0.25) is 0 Å². The van der Waals surface area contributed by atoms with E-state index in [4.69, 9.17) is 5.11 Å². The number of fused-ring (bicyclic) bond motifs is 1. The second-order valence-electron chi connectivity index (χ2n) is 5.11. The summed E-state index contributed by atoms with van der Waals surface area (Å²) >= 11 is 0. The molecule has 0 bridgehead atoms. The van der Waals surface area contributed by atoms with Crippen molar-refractivity contribution in [3.8, 4) is 0 Å². The van der Waals surface area contributed by atoms with E-state index in [-0.39, 0.29) is 6.54 Å². The molecule has 0 saturated carbocycles. The Kier molecular flexibility index (Phi) is 2.08. The molecule has 1 aromatic carbocycles. The zero-order valence-corrected chi connectivity index (χ0v) is 9.37. The summed E-state index contributed by atoms with van der Waals surface area (Å²) < 4.78 is 14.7. The third kappa shape index (κ3) is 1.27. The molecule has 17 heavy (non-hydrogen) atoms. The zero-order chi connectivity index (χ0) is 12.1. The summed E-state index contributed by atoms with van der Waals surface area (Å²) in [5.74, 6) is -1.34. The maximum absolute atomic E-state index is 14.7. The van der Waals surface area contributed by atoms with Crippen molar-refractivity contribution in [2.75, 3.05) is 13.1 Å². The number of carbonyl (C=O) groups is 1. The molecule has 3 rings (SSSR count). The van der Waals surface area contributed by atoms with Gasteiger partial charge in [0.05, 0.1) is 0 Å². The molecular formula is C13H14FNO2. The maximum Gasteiger partial charge on any atom is 0.343 e. The number of aliphatic carboxylic acids is 1. The van der Waals surface area contributed by atoms with E-state index in [2.05, 4.69) is 5.32 Å². The van der Waals surface area contributed by atoms with Crippen LogP contribution in [0.15, 0.2) is 24.3 Å². The topological polar surface area (TPSA) is 49.3 Å². The van der Waals surface area contributed by atoms with Gasteiger partial charge < -0.3 is 10.4 Å². The first-order chi connectivity index (χ1) is 8.07. The number of nitrogens with one attached hydrogen (secondary N) is 1. The highest BCUT2D eigenvalue weighted by atomic mass is 19.1. The number of halogens is 1. The third-order valence-corrected chi connectivity index (χ3v) is 4.19. The fraction of sp³-hybridized carbons (Fsp3) is 0.462. The summed E-state index contributed by atoms with van der Waals surface area (Å²) in [6.45, 7) is 0.348. The molecule has 1 atom stereocenters. The Labute approximate surface area is 98.6 Å². The molecule has 1 heterocycles. The first-order valence-corrected chi connectivity index (χ1v) is 5.77. The number of benzene rings is 1. The molecule has 1 unspecified atom stereocenters. The summed E-state index contributed by atoms with van der Waals surface area (Å²) in [7, 11) is 0. The van der Waals surface area contributed by atoms with E-state index in [1.807, 2.05) is 24.3 Å². The van der Waals surface area contributed by atoms with Gasteiger partial charge in [0, 0.05) is 18.5 Å². The van der Waals surface area contributed by atoms with Crippen molar-refractivity contribution in [1.82, 2.24) is 5.32 Å². The van der Waals surface area contributed by atoms with Gasteiger partial charge in [-0.15, -0.1) is 0 Å². The molecule has 1 aromatic rings. The summed E-state index contributed by atoms with van der Waals surface area (Å²) in [6, 6.07) is 7.76. The van der Waals surface area contributed by atoms with Crippen LogP contribution in [0.2, 0.25) is 0 Å². The first kappa shape index (κ1) is 10.7. The van der Waals surface area contributed by atoms with E-state index in [0.717, 1.165) is 11.1 Å². The number of carboxylic acid groups (broad SMARTS) is 1. The largest absolute Gasteiger partial charge is 0.479 e. The molecule has 2 aliphatic rings. The maximum atomic E-state index is 14.7. The molecule has 90 valence electrons. The van der Waals surface area contributed by atoms with Crippen molar-refractivity contribution in [2.45, 2.75) is 18.5 Å². The lowest BCUT2D eigenvalue weighted by atomic mass is 9.73. The van der Waals surface area contributed by atoms with Crippen LogP contribution in [0.5, 0.6) is 0 Å². The van der Waals surface area contributed by atoms with E-state index in [0.29, 0.717) is 19.4 Å². The minimum Gasteiger partial charge on any atom is -0.479 e. The van der Waals surface area contributed by atoms with Crippen molar-refractivity contribution in [3.05, 3.63) is 35.4 Å². The molecule has 0 amide bonds. The first-order valence-electron chi connectivity index (χ1n) is 5.77. The van der Waals surface area contributed by atoms with Gasteiger partial charge in [0.15, 0.2) is 0 Å². The van der Waals surface area contributed by atoms with Gasteiger partial charge in [-0.2, -0.15) is 0 Å². The molecule has 1 fully saturated rings. The van der Waals surface area contributed by atoms with Crippen LogP contribution >= 0.6 is 0 Å². The quantitative estimate of drug-likeness (QED) is 0.768. The Morgan fingerprint density at radius 1 is 1.24 bits per heavy atom. The Balaban J connectivity index is 2.03. The number of hydrogen-bond donors (Lipinski definition) is 2. The molecule has 2 N–H and O–H groups in total. The predicted octanol–water partition coefficient (Wildman–Crippen LogP) is 1.17. The third-order valence-electron chi connectivity index (χ3n) is 4.19. The number of hydrogen-bond acceptors (Lipinski definition) is 2. The standard InChI is InChI=1S/C13H14FNO2/c14-13(11(16)17)8-15-7-12(13)5-9-3-1-2-4-10(9)6-12/h1-4,15H,5-8H2,(H,16,17). The van der Waals surface area contributed by atoms with Crippen LogP contribution in [-0.4, -0.2) is 29.8 Å². The minimum atomic E-state index is -2.15. The average Bonchev–Trinajstić information content (AvgIpc) is 2.82. The fourth-order valence-electron chi connectivity index (χ4n) is 3.20. The van der Waals surface area contributed by atoms with E-state index in [9.17, 15) is 9.18 Å². The Hall–Kier alpha value is -1.42. The van der Waals surface area contributed by atoms with Crippen molar-refractivity contribution in [1.29, 1.82) is 0 Å². The highest BCUT2D eigenvalue weighted by Crippen LogP contribution is 2.49. The summed E-state index contributed by atoms with van der Waals surface area (Å²) in [5.41, 5.74) is -0.784. The summed E-state index contributed by atoms with van der Waals surface area (Å²) in [6.07, 6.45) is 1.03. The molecule has 1 aliphatic heterocycles. The van der Waals surface area contributed by atoms with Gasteiger partial charge in [-0.05, 0) is 24.0 Å². The van der Waals surface area contributed by atoms with Crippen LogP contribution in [-0.2, 0) is 17.6 Å². The van der Waals surface area contributed by atoms with E-state index in [1.165, 1.54) is 0 Å². The average molecular weight is 235 g/mol. The van der Waals surface area contributed by atoms with Crippen LogP contribution in [0.1, 0.15) is 11.1 Å². The number of alkyl halides is 1. The second kappa shape index (κ2) is 3.29. The summed E-state index contributed by atoms with van der Waals surface area (Å²) in [5, 5.41) is 12.1. The van der Waals surface area contributed by atoms with Crippen LogP contribution in [0.4, 0.5) is 4.39 Å². The van der Waals surface area contributed by atoms with E-state index < -0.39 is 17.1 Å². The highest BCUT2D eigenvalue weighted by Gasteiger charge is 2.62. The lowest BCUT2D eigenvalue weighted by Crippen LogP contribution is -2.50. The van der Waals surface area contributed by atoms with Crippen molar-refractivity contribution < 1.29 is 14.3 Å². The Morgan fingerprint density at radius 2 is 1.82 bits per heavy atom. The molecule has 3 nitrogen and oxygen atoms in total. The lowest BCUT2D eigenvalue weighted by molar-refractivity contribution is -0.157. The minimum absolute atomic E-state index is 0.0870. The SMILES string of the molecule is O=C(O)C1(F)CNCC12Cc1ccccc1C2. The molecule has 1 saturated heterocycles. The van der Waals surface area contributed by atoms with Gasteiger partial charge in [-0.25, -0.2) is 9.18 Å². The second-order valence-corrected chi connectivity index (χ2v) is 5.11. The van der Waals surface area contributed by atoms with Crippen molar-refractivity contribution in [3.63, 3.8) is 0 Å². The van der Waals surface area contributed by atoms with Crippen molar-refractivity contribution >= 4 is 5.97 Å². The molecular weight excluding hydrogens is 221 g/mol. The van der Waals surface area contributed by atoms with Gasteiger partial charge in [-0.1, -0.05) is 24.3 Å². The van der Waals surface area contributed by atoms with Gasteiger partial charge in [0.2, 0.25) is 5.67 Å². The smallest absolute Gasteiger partial charge is 0.343 e. The molecule has 1 spiro atoms. The van der Waals surface area contributed by atoms with E-state index >= 15 is 0 Å². The molecule has 0 radical (unpaired) electrons. The summed E-state index contributed by atoms with van der Waals surface area (Å²) in [4.78, 5) is 11.2. The molecule has 4 heteroatoms. The zero-order valence-electron chi connectivity index (χ0n) is 9.37. The van der Waals surface area contributed by atoms with E-state index in [1.54, 1.807) is 0 Å². The monoisotopic (exact) mass is 235 g/mol. The van der Waals surface area contributed by atoms with Gasteiger partial charge >= 0.3 is 5.97 Å². The highest BCUT2D eigenvalue weighted by molar-refractivity contribution is 5.80. The van der Waals surface area contributed by atoms with Crippen LogP contribution in [0, 0.1) is 5.41 Å². The van der Waals surface area contributed by atoms with Crippen molar-refractivity contribution in [2.24, 2.45) is 5.41 Å². The molecule has 0 aromatic heterocycles. The van der Waals surface area contributed by atoms with Gasteiger partial charge in [0.25, 0.3) is 0 Å². The van der Waals surface area contributed by atoms with Crippen LogP contribution in [0.3, 0.4) is 0 Å².